The molecule has 10 nitrogen and oxygen atoms in total. The number of ether oxygens (including phenoxy) is 1. The first-order valence-corrected chi connectivity index (χ1v) is 20.1. The Balaban J connectivity index is 1.41. The number of H-pyrrole nitrogens is 1. The second kappa shape index (κ2) is 15.5. The van der Waals surface area contributed by atoms with Crippen molar-refractivity contribution in [3.63, 3.8) is 0 Å². The molecule has 1 aliphatic heterocycles. The van der Waals surface area contributed by atoms with E-state index in [1.807, 2.05) is 43.3 Å². The maximum atomic E-state index is 13.0. The molecule has 0 radical (unpaired) electrons. The summed E-state index contributed by atoms with van der Waals surface area (Å²) in [6, 6.07) is 26.7. The van der Waals surface area contributed by atoms with Gasteiger partial charge in [-0.15, -0.1) is 0 Å². The van der Waals surface area contributed by atoms with Crippen LogP contribution in [-0.2, 0) is 23.5 Å². The van der Waals surface area contributed by atoms with Crippen LogP contribution in [0.2, 0.25) is 5.04 Å². The molecule has 1 aliphatic rings. The Bertz CT molecular complexity index is 1950. The number of aliphatic hydroxyl groups excluding tert-OH is 1. The molecule has 5 rings (SSSR count). The molecule has 266 valence electrons. The van der Waals surface area contributed by atoms with Crippen LogP contribution >= 0.6 is 0 Å². The minimum absolute atomic E-state index is 0.0567. The van der Waals surface area contributed by atoms with Crippen LogP contribution < -0.4 is 21.6 Å². The van der Waals surface area contributed by atoms with E-state index in [9.17, 15) is 23.1 Å². The molecule has 0 unspecified atom stereocenters. The zero-order valence-electron chi connectivity index (χ0n) is 29.1. The van der Waals surface area contributed by atoms with Gasteiger partial charge in [0.05, 0.1) is 23.7 Å². The van der Waals surface area contributed by atoms with Crippen molar-refractivity contribution < 1.29 is 26.9 Å². The fourth-order valence-corrected chi connectivity index (χ4v) is 12.1. The lowest BCUT2D eigenvalue weighted by atomic mass is 10.0. The van der Waals surface area contributed by atoms with Crippen LogP contribution in [0.25, 0.3) is 0 Å². The van der Waals surface area contributed by atoms with Crippen molar-refractivity contribution >= 4 is 28.8 Å². The summed E-state index contributed by atoms with van der Waals surface area (Å²) in [7, 11) is -6.98. The minimum Gasteiger partial charge on any atom is -0.402 e. The molecule has 3 aromatic carbocycles. The molecule has 50 heavy (non-hydrogen) atoms. The Labute approximate surface area is 294 Å². The Kier molecular flexibility index (Phi) is 11.6. The summed E-state index contributed by atoms with van der Waals surface area (Å²) in [5.41, 5.74) is 0.228. The molecule has 2 N–H and O–H groups in total. The second-order valence-electron chi connectivity index (χ2n) is 13.7. The average molecular weight is 719 g/mol. The highest BCUT2D eigenvalue weighted by molar-refractivity contribution is 7.86. The highest BCUT2D eigenvalue weighted by atomic mass is 32.2. The van der Waals surface area contributed by atoms with E-state index in [0.717, 1.165) is 15.9 Å². The van der Waals surface area contributed by atoms with Crippen molar-refractivity contribution in [1.82, 2.24) is 9.55 Å². The Morgan fingerprint density at radius 1 is 0.960 bits per heavy atom. The van der Waals surface area contributed by atoms with Crippen LogP contribution in [0.15, 0.2) is 118 Å². The Morgan fingerprint density at radius 2 is 1.56 bits per heavy atom. The molecule has 0 spiro atoms. The van der Waals surface area contributed by atoms with Crippen LogP contribution in [0.3, 0.4) is 0 Å². The van der Waals surface area contributed by atoms with Crippen molar-refractivity contribution in [2.45, 2.75) is 88.4 Å². The van der Waals surface area contributed by atoms with E-state index in [1.165, 1.54) is 22.9 Å². The largest absolute Gasteiger partial charge is 0.402 e. The van der Waals surface area contributed by atoms with Crippen molar-refractivity contribution in [2.24, 2.45) is 0 Å². The van der Waals surface area contributed by atoms with Gasteiger partial charge in [0.1, 0.15) is 12.3 Å². The van der Waals surface area contributed by atoms with Gasteiger partial charge in [0.25, 0.3) is 24.0 Å². The normalized spacial score (nSPS) is 19.2. The first-order valence-electron chi connectivity index (χ1n) is 16.8. The lowest BCUT2D eigenvalue weighted by Gasteiger charge is -2.45. The summed E-state index contributed by atoms with van der Waals surface area (Å²) in [6.45, 7) is 9.93. The zero-order valence-corrected chi connectivity index (χ0v) is 30.9. The molecular formula is C38H46N2O8SSi. The van der Waals surface area contributed by atoms with E-state index in [2.05, 4.69) is 50.0 Å². The SMILES string of the molecule is Cc1ccc(S(=O)(=O)OCC/C=C/C[C@@H](O)[C@H]2O[C@@H](n3cc(C)c(=O)[nH]c3=O)C[C@@H]2O[Si](c2ccccc2)(c2ccccc2)C(C)(C)C)cc1. The van der Waals surface area contributed by atoms with Gasteiger partial charge in [0.15, 0.2) is 0 Å². The van der Waals surface area contributed by atoms with Crippen LogP contribution in [0.5, 0.6) is 0 Å². The number of rotatable bonds is 13. The Hall–Kier alpha value is -3.91. The molecule has 12 heteroatoms. The fourth-order valence-electron chi connectivity index (χ4n) is 6.50. The fraction of sp³-hybridized carbons (Fsp3) is 0.368. The van der Waals surface area contributed by atoms with Gasteiger partial charge >= 0.3 is 5.69 Å². The summed E-state index contributed by atoms with van der Waals surface area (Å²) in [5.74, 6) is 0. The van der Waals surface area contributed by atoms with Crippen molar-refractivity contribution in [3.05, 3.63) is 135 Å². The predicted molar refractivity (Wildman–Crippen MR) is 196 cm³/mol. The van der Waals surface area contributed by atoms with Crippen molar-refractivity contribution in [1.29, 1.82) is 0 Å². The van der Waals surface area contributed by atoms with Crippen LogP contribution in [-0.4, -0.2) is 56.3 Å². The van der Waals surface area contributed by atoms with E-state index in [1.54, 1.807) is 31.2 Å². The third kappa shape index (κ3) is 8.17. The predicted octanol–water partition coefficient (Wildman–Crippen LogP) is 4.49. The molecule has 1 fully saturated rings. The second-order valence-corrected chi connectivity index (χ2v) is 19.6. The molecular weight excluding hydrogens is 673 g/mol. The zero-order chi connectivity index (χ0) is 36.1. The third-order valence-electron chi connectivity index (χ3n) is 9.07. The molecule has 4 aromatic rings. The van der Waals surface area contributed by atoms with Gasteiger partial charge in [-0.25, -0.2) is 4.79 Å². The average Bonchev–Trinajstić information content (AvgIpc) is 3.50. The van der Waals surface area contributed by atoms with Crippen LogP contribution in [0.1, 0.15) is 57.4 Å². The monoisotopic (exact) mass is 718 g/mol. The van der Waals surface area contributed by atoms with Gasteiger partial charge in [0.2, 0.25) is 0 Å². The third-order valence-corrected chi connectivity index (χ3v) is 15.5. The number of aromatic nitrogens is 2. The minimum atomic E-state index is -3.88. The molecule has 1 aromatic heterocycles. The first-order chi connectivity index (χ1) is 23.7. The highest BCUT2D eigenvalue weighted by Gasteiger charge is 2.54. The molecule has 0 saturated carbocycles. The summed E-state index contributed by atoms with van der Waals surface area (Å²) in [4.78, 5) is 27.6. The van der Waals surface area contributed by atoms with Gasteiger partial charge in [-0.1, -0.05) is 111 Å². The first kappa shape index (κ1) is 37.3. The number of aryl methyl sites for hydroxylation is 2. The molecule has 0 bridgehead atoms. The molecule has 0 aliphatic carbocycles. The van der Waals surface area contributed by atoms with Crippen LogP contribution in [0, 0.1) is 13.8 Å². The summed E-state index contributed by atoms with van der Waals surface area (Å²) >= 11 is 0. The Morgan fingerprint density at radius 3 is 2.14 bits per heavy atom. The van der Waals surface area contributed by atoms with E-state index in [4.69, 9.17) is 13.3 Å². The van der Waals surface area contributed by atoms with Gasteiger partial charge in [-0.3, -0.25) is 18.5 Å². The van der Waals surface area contributed by atoms with E-state index in [-0.39, 0.29) is 29.4 Å². The summed E-state index contributed by atoms with van der Waals surface area (Å²) < 4.78 is 45.5. The van der Waals surface area contributed by atoms with Gasteiger partial charge in [-0.05, 0) is 54.2 Å². The lowest BCUT2D eigenvalue weighted by molar-refractivity contribution is -0.0794. The van der Waals surface area contributed by atoms with Crippen LogP contribution in [0.4, 0.5) is 0 Å². The maximum absolute atomic E-state index is 13.0. The van der Waals surface area contributed by atoms with E-state index < -0.39 is 54.2 Å². The number of nitrogens with zero attached hydrogens (tertiary/aromatic N) is 1. The number of hydrogen-bond donors (Lipinski definition) is 2. The van der Waals surface area contributed by atoms with Gasteiger partial charge in [0, 0.05) is 18.2 Å². The van der Waals surface area contributed by atoms with E-state index >= 15 is 0 Å². The number of nitrogens with one attached hydrogen (secondary N) is 1. The number of aromatic amines is 1. The van der Waals surface area contributed by atoms with Crippen molar-refractivity contribution in [3.8, 4) is 0 Å². The van der Waals surface area contributed by atoms with E-state index in [0.29, 0.717) is 12.0 Å². The van der Waals surface area contributed by atoms with Gasteiger partial charge < -0.3 is 14.3 Å². The summed E-state index contributed by atoms with van der Waals surface area (Å²) in [5, 5.41) is 13.4. The smallest absolute Gasteiger partial charge is 0.330 e. The van der Waals surface area contributed by atoms with Gasteiger partial charge in [-0.2, -0.15) is 8.42 Å². The molecule has 0 amide bonds. The van der Waals surface area contributed by atoms with Crippen molar-refractivity contribution in [2.75, 3.05) is 6.61 Å². The summed E-state index contributed by atoms with van der Waals surface area (Å²) in [6.07, 6.45) is 2.45. The quantitative estimate of drug-likeness (QED) is 0.0894. The maximum Gasteiger partial charge on any atom is 0.330 e. The molecule has 1 saturated heterocycles. The number of benzene rings is 3. The standard InChI is InChI=1S/C38H46N2O8SSi/c1-27-20-22-29(23-21-27)49(44,45)46-24-14-8-13-19-32(41)35-33(25-34(47-35)40-26-28(2)36(42)39-37(40)43)48-50(38(3,4)5,30-15-9-6-10-16-30)31-17-11-7-12-18-31/h6-13,15-18,20-23,26,32-35,41H,14,19,24-25H2,1-5H3,(H,39,42,43)/b13-8+/t32-,33+,34-,35-/m1/s1. The highest BCUT2D eigenvalue weighted by Crippen LogP contribution is 2.42. The number of hydrogen-bond acceptors (Lipinski definition) is 8. The lowest BCUT2D eigenvalue weighted by Crippen LogP contribution is -2.68. The number of aliphatic hydroxyl groups is 1. The molecule has 2 heterocycles. The topological polar surface area (TPSA) is 137 Å². The molecule has 4 atom stereocenters.